The number of hydrogen-bond acceptors (Lipinski definition) is 3. The topological polar surface area (TPSA) is 37.0 Å². The van der Waals surface area contributed by atoms with Crippen molar-refractivity contribution in [3.63, 3.8) is 0 Å². The molecule has 0 saturated heterocycles. The first kappa shape index (κ1) is 15.4. The Labute approximate surface area is 125 Å². The lowest BCUT2D eigenvalue weighted by Gasteiger charge is -2.11. The maximum absolute atomic E-state index is 13.7. The second-order valence-corrected chi connectivity index (χ2v) is 4.73. The Hall–Kier alpha value is -1.95. The maximum Gasteiger partial charge on any atom is 0.169 e. The standard InChI is InChI=1S/C14H13ClF3N3/c1-2-5-19-13-10(17)7-11(18)14(21-13)20-12-4-3-8(16)6-9(12)15/h3-4,6-7H,2,5H2,1H3,(H2,19,20,21). The van der Waals surface area contributed by atoms with E-state index in [0.717, 1.165) is 18.6 Å². The predicted molar refractivity (Wildman–Crippen MR) is 77.6 cm³/mol. The summed E-state index contributed by atoms with van der Waals surface area (Å²) < 4.78 is 40.3. The molecular weight excluding hydrogens is 303 g/mol. The van der Waals surface area contributed by atoms with Crippen molar-refractivity contribution in [2.24, 2.45) is 0 Å². The number of nitrogens with one attached hydrogen (secondary N) is 2. The number of benzene rings is 1. The molecule has 2 rings (SSSR count). The van der Waals surface area contributed by atoms with Gasteiger partial charge in [0.05, 0.1) is 10.7 Å². The number of halogens is 4. The molecule has 1 heterocycles. The summed E-state index contributed by atoms with van der Waals surface area (Å²) in [6, 6.07) is 4.33. The number of rotatable bonds is 5. The van der Waals surface area contributed by atoms with Crippen LogP contribution in [0.15, 0.2) is 24.3 Å². The molecule has 2 aromatic rings. The number of pyridine rings is 1. The highest BCUT2D eigenvalue weighted by atomic mass is 35.5. The van der Waals surface area contributed by atoms with Crippen molar-refractivity contribution in [1.82, 2.24) is 4.98 Å². The number of aromatic nitrogens is 1. The Bertz CT molecular complexity index is 650. The van der Waals surface area contributed by atoms with Gasteiger partial charge in [-0.1, -0.05) is 18.5 Å². The zero-order valence-electron chi connectivity index (χ0n) is 11.2. The molecule has 0 aliphatic heterocycles. The smallest absolute Gasteiger partial charge is 0.169 e. The summed E-state index contributed by atoms with van der Waals surface area (Å²) in [5.41, 5.74) is 0.275. The van der Waals surface area contributed by atoms with Gasteiger partial charge in [-0.2, -0.15) is 0 Å². The molecule has 1 aromatic heterocycles. The molecule has 0 spiro atoms. The van der Waals surface area contributed by atoms with Gasteiger partial charge in [0.15, 0.2) is 23.3 Å². The van der Waals surface area contributed by atoms with Crippen molar-refractivity contribution < 1.29 is 13.2 Å². The largest absolute Gasteiger partial charge is 0.368 e. The summed E-state index contributed by atoms with van der Waals surface area (Å²) in [6.07, 6.45) is 0.769. The summed E-state index contributed by atoms with van der Waals surface area (Å²) in [5, 5.41) is 5.45. The lowest BCUT2D eigenvalue weighted by Crippen LogP contribution is -2.07. The normalized spacial score (nSPS) is 10.5. The fourth-order valence-electron chi connectivity index (χ4n) is 1.64. The molecule has 0 aliphatic rings. The fraction of sp³-hybridized carbons (Fsp3) is 0.214. The van der Waals surface area contributed by atoms with E-state index in [1.807, 2.05) is 6.92 Å². The highest BCUT2D eigenvalue weighted by Crippen LogP contribution is 2.28. The van der Waals surface area contributed by atoms with Gasteiger partial charge in [0.2, 0.25) is 0 Å². The highest BCUT2D eigenvalue weighted by Gasteiger charge is 2.13. The lowest BCUT2D eigenvalue weighted by molar-refractivity contribution is 0.579. The molecule has 0 atom stereocenters. The Kier molecular flexibility index (Phi) is 4.90. The minimum Gasteiger partial charge on any atom is -0.368 e. The van der Waals surface area contributed by atoms with Crippen LogP contribution in [0, 0.1) is 17.5 Å². The van der Waals surface area contributed by atoms with Crippen molar-refractivity contribution in [2.45, 2.75) is 13.3 Å². The first-order valence-electron chi connectivity index (χ1n) is 6.33. The van der Waals surface area contributed by atoms with Gasteiger partial charge in [0.1, 0.15) is 5.82 Å². The van der Waals surface area contributed by atoms with E-state index in [2.05, 4.69) is 15.6 Å². The molecular formula is C14H13ClF3N3. The second-order valence-electron chi connectivity index (χ2n) is 4.33. The molecule has 2 N–H and O–H groups in total. The van der Waals surface area contributed by atoms with Crippen LogP contribution in [0.4, 0.5) is 30.5 Å². The monoisotopic (exact) mass is 315 g/mol. The Morgan fingerprint density at radius 1 is 1.10 bits per heavy atom. The minimum atomic E-state index is -0.866. The van der Waals surface area contributed by atoms with Crippen LogP contribution in [-0.4, -0.2) is 11.5 Å². The van der Waals surface area contributed by atoms with E-state index in [1.54, 1.807) is 0 Å². The van der Waals surface area contributed by atoms with E-state index in [1.165, 1.54) is 12.1 Å². The van der Waals surface area contributed by atoms with E-state index in [-0.39, 0.29) is 22.3 Å². The van der Waals surface area contributed by atoms with Crippen molar-refractivity contribution in [3.8, 4) is 0 Å². The third kappa shape index (κ3) is 3.78. The van der Waals surface area contributed by atoms with Crippen LogP contribution in [0.25, 0.3) is 0 Å². The van der Waals surface area contributed by atoms with Gasteiger partial charge < -0.3 is 10.6 Å². The third-order valence-electron chi connectivity index (χ3n) is 2.66. The Balaban J connectivity index is 2.30. The zero-order valence-corrected chi connectivity index (χ0v) is 11.9. The molecule has 0 saturated carbocycles. The van der Waals surface area contributed by atoms with E-state index in [4.69, 9.17) is 11.6 Å². The van der Waals surface area contributed by atoms with Crippen LogP contribution in [0.1, 0.15) is 13.3 Å². The lowest BCUT2D eigenvalue weighted by atomic mass is 10.3. The number of hydrogen-bond donors (Lipinski definition) is 2. The summed E-state index contributed by atoms with van der Waals surface area (Å²) in [7, 11) is 0. The van der Waals surface area contributed by atoms with Crippen LogP contribution < -0.4 is 10.6 Å². The molecule has 21 heavy (non-hydrogen) atoms. The minimum absolute atomic E-state index is 0.0565. The van der Waals surface area contributed by atoms with E-state index in [0.29, 0.717) is 6.54 Å². The molecule has 3 nitrogen and oxygen atoms in total. The molecule has 0 radical (unpaired) electrons. The summed E-state index contributed by atoms with van der Waals surface area (Å²) in [4.78, 5) is 3.84. The van der Waals surface area contributed by atoms with Crippen molar-refractivity contribution in [1.29, 1.82) is 0 Å². The van der Waals surface area contributed by atoms with Crippen molar-refractivity contribution in [3.05, 3.63) is 46.7 Å². The van der Waals surface area contributed by atoms with Gasteiger partial charge in [0.25, 0.3) is 0 Å². The second kappa shape index (κ2) is 6.67. The van der Waals surface area contributed by atoms with Gasteiger partial charge >= 0.3 is 0 Å². The van der Waals surface area contributed by atoms with Crippen LogP contribution in [-0.2, 0) is 0 Å². The first-order valence-corrected chi connectivity index (χ1v) is 6.71. The predicted octanol–water partition coefficient (Wildman–Crippen LogP) is 4.72. The van der Waals surface area contributed by atoms with Crippen molar-refractivity contribution >= 4 is 28.9 Å². The highest BCUT2D eigenvalue weighted by molar-refractivity contribution is 6.33. The van der Waals surface area contributed by atoms with E-state index < -0.39 is 17.5 Å². The van der Waals surface area contributed by atoms with Gasteiger partial charge in [0, 0.05) is 12.6 Å². The molecule has 1 aromatic carbocycles. The molecule has 0 bridgehead atoms. The number of anilines is 3. The van der Waals surface area contributed by atoms with E-state index in [9.17, 15) is 13.2 Å². The van der Waals surface area contributed by atoms with Crippen LogP contribution in [0.2, 0.25) is 5.02 Å². The Morgan fingerprint density at radius 3 is 2.48 bits per heavy atom. The van der Waals surface area contributed by atoms with Crippen LogP contribution in [0.5, 0.6) is 0 Å². The molecule has 0 fully saturated rings. The molecule has 0 aliphatic carbocycles. The summed E-state index contributed by atoms with van der Waals surface area (Å²) in [6.45, 7) is 2.41. The SMILES string of the molecule is CCCNc1nc(Nc2ccc(F)cc2Cl)c(F)cc1F. The molecule has 0 unspecified atom stereocenters. The average molecular weight is 316 g/mol. The van der Waals surface area contributed by atoms with Crippen molar-refractivity contribution in [2.75, 3.05) is 17.2 Å². The number of nitrogens with zero attached hydrogens (tertiary/aromatic N) is 1. The summed E-state index contributed by atoms with van der Waals surface area (Å²) in [5.74, 6) is -2.41. The van der Waals surface area contributed by atoms with Crippen LogP contribution >= 0.6 is 11.6 Å². The Morgan fingerprint density at radius 2 is 1.81 bits per heavy atom. The molecule has 7 heteroatoms. The van der Waals surface area contributed by atoms with Gasteiger partial charge in [-0.05, 0) is 24.6 Å². The van der Waals surface area contributed by atoms with Crippen LogP contribution in [0.3, 0.4) is 0 Å². The third-order valence-corrected chi connectivity index (χ3v) is 2.97. The van der Waals surface area contributed by atoms with Gasteiger partial charge in [-0.3, -0.25) is 0 Å². The summed E-state index contributed by atoms with van der Waals surface area (Å²) >= 11 is 5.84. The quantitative estimate of drug-likeness (QED) is 0.838. The molecule has 0 amide bonds. The maximum atomic E-state index is 13.7. The fourth-order valence-corrected chi connectivity index (χ4v) is 1.85. The zero-order chi connectivity index (χ0) is 15.4. The first-order chi connectivity index (χ1) is 10.0. The molecule has 112 valence electrons. The van der Waals surface area contributed by atoms with E-state index >= 15 is 0 Å². The van der Waals surface area contributed by atoms with Gasteiger partial charge in [-0.15, -0.1) is 0 Å². The average Bonchev–Trinajstić information content (AvgIpc) is 2.43. The van der Waals surface area contributed by atoms with Gasteiger partial charge in [-0.25, -0.2) is 18.2 Å².